The summed E-state index contributed by atoms with van der Waals surface area (Å²) < 4.78 is 15.4. The quantitative estimate of drug-likeness (QED) is 0.140. The van der Waals surface area contributed by atoms with Crippen LogP contribution in [0.5, 0.6) is 0 Å². The van der Waals surface area contributed by atoms with Crippen LogP contribution in [0.4, 0.5) is 5.00 Å². The molecule has 0 spiro atoms. The molecule has 8 nitrogen and oxygen atoms in total. The van der Waals surface area contributed by atoms with Crippen molar-refractivity contribution in [1.82, 2.24) is 4.98 Å². The number of nitrogens with one attached hydrogen (secondary N) is 1. The fourth-order valence-electron chi connectivity index (χ4n) is 3.79. The van der Waals surface area contributed by atoms with Crippen molar-refractivity contribution in [3.8, 4) is 17.3 Å². The summed E-state index contributed by atoms with van der Waals surface area (Å²) in [6, 6.07) is 16.3. The average Bonchev–Trinajstić information content (AvgIpc) is 3.54. The highest BCUT2D eigenvalue weighted by atomic mass is 32.1. The van der Waals surface area contributed by atoms with Gasteiger partial charge in [-0.05, 0) is 30.2 Å². The van der Waals surface area contributed by atoms with Crippen LogP contribution in [0.25, 0.3) is 27.6 Å². The predicted molar refractivity (Wildman–Crippen MR) is 149 cm³/mol. The van der Waals surface area contributed by atoms with Crippen molar-refractivity contribution in [2.45, 2.75) is 13.8 Å². The first-order valence-corrected chi connectivity index (χ1v) is 13.5. The molecule has 0 aliphatic heterocycles. The van der Waals surface area contributed by atoms with Gasteiger partial charge >= 0.3 is 11.9 Å². The van der Waals surface area contributed by atoms with Gasteiger partial charge in [-0.25, -0.2) is 14.6 Å². The first kappa shape index (κ1) is 27.0. The molecule has 0 unspecified atom stereocenters. The summed E-state index contributed by atoms with van der Waals surface area (Å²) in [4.78, 5) is 30.3. The van der Waals surface area contributed by atoms with Crippen LogP contribution < -0.4 is 5.32 Å². The largest absolute Gasteiger partial charge is 0.462 e. The average molecular weight is 548 g/mol. The molecule has 0 aliphatic carbocycles. The predicted octanol–water partition coefficient (Wildman–Crippen LogP) is 6.29. The maximum atomic E-state index is 12.7. The van der Waals surface area contributed by atoms with Gasteiger partial charge in [-0.1, -0.05) is 42.5 Å². The smallest absolute Gasteiger partial charge is 0.348 e. The lowest BCUT2D eigenvalue weighted by Gasteiger charge is -2.05. The number of hydrogen-bond donors (Lipinski definition) is 1. The van der Waals surface area contributed by atoms with Crippen LogP contribution in [0.3, 0.4) is 0 Å². The number of fused-ring (bicyclic) bond motifs is 1. The number of carbonyl (C=O) groups excluding carboxylic acids is 2. The molecule has 4 rings (SSSR count). The molecule has 2 heterocycles. The molecule has 0 saturated carbocycles. The number of thiazole rings is 1. The number of aromatic nitrogens is 1. The van der Waals surface area contributed by atoms with E-state index in [0.717, 1.165) is 33.4 Å². The molecule has 4 aromatic rings. The Hall–Kier alpha value is -4.04. The number of rotatable bonds is 10. The van der Waals surface area contributed by atoms with Crippen molar-refractivity contribution in [3.05, 3.63) is 75.1 Å². The van der Waals surface area contributed by atoms with Crippen molar-refractivity contribution in [3.63, 3.8) is 0 Å². The number of nitrogens with zero attached hydrogens (tertiary/aromatic N) is 2. The number of allylic oxidation sites excluding steroid dienone is 1. The Kier molecular flexibility index (Phi) is 8.86. The third-order valence-electron chi connectivity index (χ3n) is 5.60. The monoisotopic (exact) mass is 547 g/mol. The van der Waals surface area contributed by atoms with E-state index in [9.17, 15) is 14.9 Å². The van der Waals surface area contributed by atoms with E-state index in [0.29, 0.717) is 15.6 Å². The van der Waals surface area contributed by atoms with Crippen LogP contribution in [0.1, 0.15) is 37.5 Å². The second-order valence-electron chi connectivity index (χ2n) is 7.99. The van der Waals surface area contributed by atoms with Crippen molar-refractivity contribution < 1.29 is 23.8 Å². The summed E-state index contributed by atoms with van der Waals surface area (Å²) in [5.74, 6) is -1.13. The highest BCUT2D eigenvalue weighted by Crippen LogP contribution is 2.35. The highest BCUT2D eigenvalue weighted by Gasteiger charge is 2.26. The minimum absolute atomic E-state index is 0.0890. The number of esters is 2. The van der Waals surface area contributed by atoms with Gasteiger partial charge in [0.15, 0.2) is 0 Å². The molecule has 0 atom stereocenters. The van der Waals surface area contributed by atoms with Gasteiger partial charge in [-0.3, -0.25) is 0 Å². The van der Waals surface area contributed by atoms with E-state index >= 15 is 0 Å². The minimum atomic E-state index is -0.570. The molecule has 0 bridgehead atoms. The molecule has 2 aromatic heterocycles. The molecule has 0 amide bonds. The van der Waals surface area contributed by atoms with E-state index < -0.39 is 11.9 Å². The van der Waals surface area contributed by atoms with Crippen LogP contribution in [-0.2, 0) is 14.2 Å². The minimum Gasteiger partial charge on any atom is -0.462 e. The summed E-state index contributed by atoms with van der Waals surface area (Å²) in [6.45, 7) is 3.89. The number of benzene rings is 2. The Morgan fingerprint density at radius 1 is 1.11 bits per heavy atom. The number of nitriles is 1. The maximum Gasteiger partial charge on any atom is 0.348 e. The molecule has 1 N–H and O–H groups in total. The number of anilines is 1. The Morgan fingerprint density at radius 2 is 1.89 bits per heavy atom. The zero-order valence-electron chi connectivity index (χ0n) is 21.1. The molecule has 0 radical (unpaired) electrons. The van der Waals surface area contributed by atoms with E-state index in [1.54, 1.807) is 13.8 Å². The van der Waals surface area contributed by atoms with E-state index in [2.05, 4.69) is 11.4 Å². The molecule has 2 aromatic carbocycles. The molecule has 10 heteroatoms. The third kappa shape index (κ3) is 5.75. The molecular formula is C28H25N3O5S2. The molecule has 194 valence electrons. The van der Waals surface area contributed by atoms with Crippen molar-refractivity contribution in [1.29, 1.82) is 5.26 Å². The fraction of sp³-hybridized carbons (Fsp3) is 0.214. The first-order valence-electron chi connectivity index (χ1n) is 11.8. The maximum absolute atomic E-state index is 12.7. The van der Waals surface area contributed by atoms with Crippen molar-refractivity contribution in [2.24, 2.45) is 0 Å². The SMILES string of the molecule is CCOC(=O)c1c(N/C=C(/C#N)c2nc(-c3cccc4ccccc34)cs2)sc(C(=O)OCCOC)c1C. The lowest BCUT2D eigenvalue weighted by molar-refractivity contribution is 0.0393. The van der Waals surface area contributed by atoms with Crippen LogP contribution in [-0.4, -0.2) is 43.9 Å². The zero-order chi connectivity index (χ0) is 27.1. The number of thiophene rings is 1. The van der Waals surface area contributed by atoms with Gasteiger partial charge < -0.3 is 19.5 Å². The number of carbonyl (C=O) groups is 2. The molecular weight excluding hydrogens is 522 g/mol. The topological polar surface area (TPSA) is 111 Å². The number of ether oxygens (including phenoxy) is 3. The van der Waals surface area contributed by atoms with Gasteiger partial charge in [0.1, 0.15) is 33.1 Å². The third-order valence-corrected chi connectivity index (χ3v) is 7.68. The zero-order valence-corrected chi connectivity index (χ0v) is 22.7. The highest BCUT2D eigenvalue weighted by molar-refractivity contribution is 7.18. The molecule has 38 heavy (non-hydrogen) atoms. The van der Waals surface area contributed by atoms with Crippen molar-refractivity contribution in [2.75, 3.05) is 32.2 Å². The van der Waals surface area contributed by atoms with Gasteiger partial charge in [0.2, 0.25) is 0 Å². The summed E-state index contributed by atoms with van der Waals surface area (Å²) in [5.41, 5.74) is 2.69. The van der Waals surface area contributed by atoms with Gasteiger partial charge in [-0.15, -0.1) is 22.7 Å². The summed E-state index contributed by atoms with van der Waals surface area (Å²) in [7, 11) is 1.51. The Labute approximate surface area is 228 Å². The standard InChI is InChI=1S/C28H25N3O5S2/c1-4-35-27(32)23-17(2)24(28(33)36-13-12-34-3)38-26(23)30-15-19(14-29)25-31-22(16-37-25)21-11-7-9-18-8-5-6-10-20(18)21/h5-11,15-16,30H,4,12-13H2,1-3H3/b19-15-. The van der Waals surface area contributed by atoms with E-state index in [1.807, 2.05) is 47.8 Å². The fourth-order valence-corrected chi connectivity index (χ4v) is 5.64. The Bertz CT molecular complexity index is 1540. The number of methoxy groups -OCH3 is 1. The molecule has 0 fully saturated rings. The van der Waals surface area contributed by atoms with Crippen LogP contribution in [0.2, 0.25) is 0 Å². The van der Waals surface area contributed by atoms with E-state index in [1.165, 1.54) is 24.6 Å². The lowest BCUT2D eigenvalue weighted by Crippen LogP contribution is -2.11. The van der Waals surface area contributed by atoms with E-state index in [4.69, 9.17) is 19.2 Å². The van der Waals surface area contributed by atoms with Gasteiger partial charge in [0, 0.05) is 24.3 Å². The van der Waals surface area contributed by atoms with E-state index in [-0.39, 0.29) is 35.8 Å². The van der Waals surface area contributed by atoms with Crippen LogP contribution in [0, 0.1) is 18.3 Å². The Balaban J connectivity index is 1.64. The van der Waals surface area contributed by atoms with Gasteiger partial charge in [0.25, 0.3) is 0 Å². The van der Waals surface area contributed by atoms with Gasteiger partial charge in [-0.2, -0.15) is 5.26 Å². The summed E-state index contributed by atoms with van der Waals surface area (Å²) in [5, 5.41) is 17.9. The Morgan fingerprint density at radius 3 is 2.66 bits per heavy atom. The second-order valence-corrected chi connectivity index (χ2v) is 9.87. The van der Waals surface area contributed by atoms with Gasteiger partial charge in [0.05, 0.1) is 24.5 Å². The lowest BCUT2D eigenvalue weighted by atomic mass is 10.0. The van der Waals surface area contributed by atoms with Crippen LogP contribution in [0.15, 0.2) is 54.0 Å². The molecule has 0 saturated heterocycles. The first-order chi connectivity index (χ1) is 18.5. The summed E-state index contributed by atoms with van der Waals surface area (Å²) in [6.07, 6.45) is 1.49. The van der Waals surface area contributed by atoms with Crippen LogP contribution >= 0.6 is 22.7 Å². The normalized spacial score (nSPS) is 11.3. The molecule has 0 aliphatic rings. The number of hydrogen-bond acceptors (Lipinski definition) is 10. The van der Waals surface area contributed by atoms with Crippen molar-refractivity contribution >= 4 is 56.0 Å². The second kappa shape index (κ2) is 12.5. The summed E-state index contributed by atoms with van der Waals surface area (Å²) >= 11 is 2.41.